The minimum Gasteiger partial charge on any atom is -0.479 e. The van der Waals surface area contributed by atoms with Crippen LogP contribution in [0.2, 0.25) is 0 Å². The molecular formula is C24H35FN2O4. The second-order valence-electron chi connectivity index (χ2n) is 7.22. The molecule has 0 aliphatic heterocycles. The molecule has 0 heterocycles. The normalized spacial score (nSPS) is 12.7. The number of rotatable bonds is 14. The third kappa shape index (κ3) is 9.79. The highest BCUT2D eigenvalue weighted by molar-refractivity contribution is 5.78. The largest absolute Gasteiger partial charge is 0.479 e. The molecule has 31 heavy (non-hydrogen) atoms. The van der Waals surface area contributed by atoms with Crippen LogP contribution in [-0.2, 0) is 16.1 Å². The van der Waals surface area contributed by atoms with Gasteiger partial charge in [-0.1, -0.05) is 30.7 Å². The van der Waals surface area contributed by atoms with Crippen LogP contribution in [-0.4, -0.2) is 47.6 Å². The maximum Gasteiger partial charge on any atom is 0.344 e. The predicted octanol–water partition coefficient (Wildman–Crippen LogP) is 4.31. The Morgan fingerprint density at radius 3 is 2.68 bits per heavy atom. The average molecular weight is 435 g/mol. The van der Waals surface area contributed by atoms with Crippen molar-refractivity contribution in [3.8, 4) is 5.75 Å². The number of carboxylic acid groups (broad SMARTS) is 1. The van der Waals surface area contributed by atoms with Gasteiger partial charge in [-0.3, -0.25) is 4.79 Å². The Balaban J connectivity index is 2.63. The number of amides is 1. The van der Waals surface area contributed by atoms with Gasteiger partial charge < -0.3 is 20.1 Å². The summed E-state index contributed by atoms with van der Waals surface area (Å²) in [5, 5.41) is 12.2. The first-order valence-corrected chi connectivity index (χ1v) is 10.8. The van der Waals surface area contributed by atoms with E-state index >= 15 is 0 Å². The van der Waals surface area contributed by atoms with Crippen molar-refractivity contribution in [2.45, 2.75) is 59.6 Å². The number of nitrogens with one attached hydrogen (secondary N) is 1. The third-order valence-electron chi connectivity index (χ3n) is 4.77. The molecule has 0 aromatic heterocycles. The molecule has 0 aliphatic rings. The number of benzene rings is 1. The number of ether oxygens (including phenoxy) is 1. The first-order chi connectivity index (χ1) is 14.8. The van der Waals surface area contributed by atoms with E-state index < -0.39 is 17.9 Å². The van der Waals surface area contributed by atoms with Gasteiger partial charge in [0.25, 0.3) is 0 Å². The fourth-order valence-electron chi connectivity index (χ4n) is 3.03. The first kappa shape index (κ1) is 26.4. The lowest BCUT2D eigenvalue weighted by Crippen LogP contribution is -2.36. The minimum absolute atomic E-state index is 0.0820. The number of halogens is 1. The van der Waals surface area contributed by atoms with Gasteiger partial charge >= 0.3 is 5.97 Å². The van der Waals surface area contributed by atoms with Gasteiger partial charge in [0.1, 0.15) is 11.6 Å². The number of allylic oxidation sites excluding steroid dienone is 3. The number of hydrogen-bond donors (Lipinski definition) is 2. The Kier molecular flexibility index (Phi) is 12.2. The summed E-state index contributed by atoms with van der Waals surface area (Å²) >= 11 is 0. The average Bonchev–Trinajstić information content (AvgIpc) is 2.73. The highest BCUT2D eigenvalue weighted by Gasteiger charge is 2.16. The summed E-state index contributed by atoms with van der Waals surface area (Å²) in [6.45, 7) is 9.34. The van der Waals surface area contributed by atoms with E-state index in [-0.39, 0.29) is 5.91 Å². The Morgan fingerprint density at radius 2 is 2.06 bits per heavy atom. The lowest BCUT2D eigenvalue weighted by Gasteiger charge is -2.22. The van der Waals surface area contributed by atoms with Crippen LogP contribution in [0.5, 0.6) is 5.75 Å². The lowest BCUT2D eigenvalue weighted by atomic mass is 10.1. The fraction of sp³-hybridized carbons (Fsp3) is 0.500. The van der Waals surface area contributed by atoms with E-state index in [1.54, 1.807) is 4.90 Å². The van der Waals surface area contributed by atoms with Gasteiger partial charge in [0.05, 0.1) is 0 Å². The van der Waals surface area contributed by atoms with E-state index in [9.17, 15) is 14.0 Å². The van der Waals surface area contributed by atoms with Crippen LogP contribution in [0.4, 0.5) is 4.39 Å². The molecule has 0 bridgehead atoms. The molecule has 1 unspecified atom stereocenters. The van der Waals surface area contributed by atoms with Crippen molar-refractivity contribution in [2.24, 2.45) is 0 Å². The summed E-state index contributed by atoms with van der Waals surface area (Å²) in [7, 11) is 0. The first-order valence-electron chi connectivity index (χ1n) is 10.8. The molecule has 172 valence electrons. The molecule has 1 atom stereocenters. The molecule has 0 saturated carbocycles. The predicted molar refractivity (Wildman–Crippen MR) is 121 cm³/mol. The molecule has 6 nitrogen and oxygen atoms in total. The molecule has 1 aromatic carbocycles. The number of likely N-dealkylation sites (N-methyl/N-ethyl adjacent to an activating group) is 1. The van der Waals surface area contributed by atoms with Gasteiger partial charge in [-0.05, 0) is 51.8 Å². The number of carbonyl (C=O) groups is 2. The molecule has 0 radical (unpaired) electrons. The van der Waals surface area contributed by atoms with Crippen molar-refractivity contribution in [1.29, 1.82) is 0 Å². The summed E-state index contributed by atoms with van der Waals surface area (Å²) in [5.41, 5.74) is 1.65. The number of nitrogens with zero attached hydrogens (tertiary/aromatic N) is 1. The molecular weight excluding hydrogens is 399 g/mol. The second kappa shape index (κ2) is 14.4. The zero-order chi connectivity index (χ0) is 23.2. The summed E-state index contributed by atoms with van der Waals surface area (Å²) < 4.78 is 19.1. The van der Waals surface area contributed by atoms with Crippen LogP contribution in [0.25, 0.3) is 0 Å². The number of aliphatic carboxylic acids is 1. The molecule has 0 aliphatic carbocycles. The van der Waals surface area contributed by atoms with Crippen LogP contribution < -0.4 is 10.1 Å². The maximum atomic E-state index is 13.7. The van der Waals surface area contributed by atoms with Gasteiger partial charge in [0.15, 0.2) is 6.10 Å². The van der Waals surface area contributed by atoms with Crippen molar-refractivity contribution < 1.29 is 23.8 Å². The highest BCUT2D eigenvalue weighted by Crippen LogP contribution is 2.21. The van der Waals surface area contributed by atoms with Gasteiger partial charge in [0, 0.05) is 38.2 Å². The van der Waals surface area contributed by atoms with E-state index in [0.717, 1.165) is 18.4 Å². The Bertz CT molecular complexity index is 777. The minimum atomic E-state index is -1.09. The molecule has 1 aromatic rings. The van der Waals surface area contributed by atoms with Crippen molar-refractivity contribution in [3.05, 3.63) is 53.4 Å². The van der Waals surface area contributed by atoms with E-state index in [1.807, 2.05) is 19.9 Å². The number of hydrogen-bond acceptors (Lipinski definition) is 4. The monoisotopic (exact) mass is 434 g/mol. The number of carbonyl (C=O) groups excluding carboxylic acids is 1. The smallest absolute Gasteiger partial charge is 0.344 e. The quantitative estimate of drug-likeness (QED) is 0.337. The number of carboxylic acids is 1. The van der Waals surface area contributed by atoms with E-state index in [4.69, 9.17) is 9.84 Å². The summed E-state index contributed by atoms with van der Waals surface area (Å²) in [4.78, 5) is 25.5. The van der Waals surface area contributed by atoms with Crippen molar-refractivity contribution in [2.75, 3.05) is 19.6 Å². The second-order valence-corrected chi connectivity index (χ2v) is 7.22. The SMILES string of the molecule is C/C=C\C/C(=C\CC)CC(=O)N(CC)CCNCc1cc(F)ccc1OC(C)C(=O)O. The topological polar surface area (TPSA) is 78.9 Å². The molecule has 7 heteroatoms. The van der Waals surface area contributed by atoms with Gasteiger partial charge in [-0.15, -0.1) is 0 Å². The Labute approximate surface area is 184 Å². The van der Waals surface area contributed by atoms with Crippen LogP contribution in [0.15, 0.2) is 42.0 Å². The van der Waals surface area contributed by atoms with Crippen LogP contribution in [0, 0.1) is 5.82 Å². The van der Waals surface area contributed by atoms with Gasteiger partial charge in [0.2, 0.25) is 5.91 Å². The molecule has 0 saturated heterocycles. The molecule has 1 amide bonds. The fourth-order valence-corrected chi connectivity index (χ4v) is 3.03. The third-order valence-corrected chi connectivity index (χ3v) is 4.77. The molecule has 0 fully saturated rings. The Morgan fingerprint density at radius 1 is 1.32 bits per heavy atom. The van der Waals surface area contributed by atoms with Gasteiger partial charge in [-0.25, -0.2) is 9.18 Å². The van der Waals surface area contributed by atoms with E-state index in [2.05, 4.69) is 24.4 Å². The van der Waals surface area contributed by atoms with Crippen LogP contribution in [0.1, 0.15) is 52.5 Å². The van der Waals surface area contributed by atoms with Crippen LogP contribution >= 0.6 is 0 Å². The summed E-state index contributed by atoms with van der Waals surface area (Å²) in [5.74, 6) is -1.11. The summed E-state index contributed by atoms with van der Waals surface area (Å²) in [6.07, 6.45) is 7.18. The lowest BCUT2D eigenvalue weighted by molar-refractivity contribution is -0.144. The molecule has 2 N–H and O–H groups in total. The van der Waals surface area contributed by atoms with Crippen molar-refractivity contribution in [1.82, 2.24) is 10.2 Å². The van der Waals surface area contributed by atoms with E-state index in [0.29, 0.717) is 43.9 Å². The summed E-state index contributed by atoms with van der Waals surface area (Å²) in [6, 6.07) is 3.99. The molecule has 1 rings (SSSR count). The van der Waals surface area contributed by atoms with Crippen molar-refractivity contribution >= 4 is 11.9 Å². The van der Waals surface area contributed by atoms with Crippen molar-refractivity contribution in [3.63, 3.8) is 0 Å². The zero-order valence-corrected chi connectivity index (χ0v) is 19.0. The molecule has 0 spiro atoms. The highest BCUT2D eigenvalue weighted by atomic mass is 19.1. The zero-order valence-electron chi connectivity index (χ0n) is 19.0. The van der Waals surface area contributed by atoms with Crippen LogP contribution in [0.3, 0.4) is 0 Å². The van der Waals surface area contributed by atoms with Gasteiger partial charge in [-0.2, -0.15) is 0 Å². The standard InChI is InChI=1S/C24H35FN2O4/c1-5-8-10-19(9-6-2)15-23(28)27(7-3)14-13-26-17-20-16-21(25)11-12-22(20)31-18(4)24(29)30/h5,8-9,11-12,16,18,26H,6-7,10,13-15,17H2,1-4H3,(H,29,30)/b8-5-,19-9+. The Hall–Kier alpha value is -2.67. The van der Waals surface area contributed by atoms with E-state index in [1.165, 1.54) is 25.1 Å². The maximum absolute atomic E-state index is 13.7.